The zero-order valence-corrected chi connectivity index (χ0v) is 10.1. The van der Waals surface area contributed by atoms with Crippen LogP contribution in [0.15, 0.2) is 18.2 Å². The number of nitrogens with one attached hydrogen (secondary N) is 1. The zero-order valence-electron chi connectivity index (χ0n) is 10.1. The highest BCUT2D eigenvalue weighted by atomic mass is 19.1. The Balaban J connectivity index is 2.39. The number of rotatable bonds is 4. The lowest BCUT2D eigenvalue weighted by molar-refractivity contribution is 0.602. The molecule has 0 aromatic heterocycles. The first kappa shape index (κ1) is 11.4. The number of para-hydroxylation sites is 1. The van der Waals surface area contributed by atoms with E-state index in [1.807, 2.05) is 20.2 Å². The summed E-state index contributed by atoms with van der Waals surface area (Å²) in [6.07, 6.45) is 2.36. The predicted octanol–water partition coefficient (Wildman–Crippen LogP) is 2.70. The van der Waals surface area contributed by atoms with Crippen molar-refractivity contribution in [3.63, 3.8) is 0 Å². The van der Waals surface area contributed by atoms with Crippen molar-refractivity contribution in [3.8, 4) is 0 Å². The number of anilines is 1. The highest BCUT2D eigenvalue weighted by Crippen LogP contribution is 2.35. The van der Waals surface area contributed by atoms with Crippen LogP contribution in [0, 0.1) is 5.82 Å². The predicted molar refractivity (Wildman–Crippen MR) is 65.3 cm³/mol. The molecule has 0 radical (unpaired) electrons. The lowest BCUT2D eigenvalue weighted by atomic mass is 10.0. The Bertz CT molecular complexity index is 374. The average Bonchev–Trinajstić information content (AvgIpc) is 3.10. The van der Waals surface area contributed by atoms with Gasteiger partial charge in [-0.1, -0.05) is 12.1 Å². The summed E-state index contributed by atoms with van der Waals surface area (Å²) in [7, 11) is 3.89. The first-order chi connectivity index (χ1) is 7.65. The van der Waals surface area contributed by atoms with Crippen LogP contribution in [0.4, 0.5) is 10.1 Å². The minimum absolute atomic E-state index is 0.117. The van der Waals surface area contributed by atoms with Gasteiger partial charge in [-0.2, -0.15) is 0 Å². The van der Waals surface area contributed by atoms with E-state index in [2.05, 4.69) is 17.1 Å². The maximum atomic E-state index is 13.9. The molecule has 1 saturated carbocycles. The van der Waals surface area contributed by atoms with Gasteiger partial charge in [0.25, 0.3) is 0 Å². The van der Waals surface area contributed by atoms with Gasteiger partial charge in [-0.3, -0.25) is 0 Å². The Kier molecular flexibility index (Phi) is 3.15. The van der Waals surface area contributed by atoms with E-state index < -0.39 is 0 Å². The lowest BCUT2D eigenvalue weighted by Crippen LogP contribution is -2.24. The molecule has 1 aliphatic rings. The maximum absolute atomic E-state index is 13.9. The lowest BCUT2D eigenvalue weighted by Gasteiger charge is -2.25. The van der Waals surface area contributed by atoms with Crippen molar-refractivity contribution >= 4 is 5.69 Å². The molecule has 1 fully saturated rings. The number of hydrogen-bond acceptors (Lipinski definition) is 2. The van der Waals surface area contributed by atoms with Gasteiger partial charge >= 0.3 is 0 Å². The van der Waals surface area contributed by atoms with Crippen molar-refractivity contribution < 1.29 is 4.39 Å². The molecule has 0 heterocycles. The summed E-state index contributed by atoms with van der Waals surface area (Å²) in [5.74, 6) is -0.117. The van der Waals surface area contributed by atoms with Gasteiger partial charge in [0.15, 0.2) is 0 Å². The molecule has 0 saturated heterocycles. The van der Waals surface area contributed by atoms with Crippen LogP contribution < -0.4 is 10.2 Å². The van der Waals surface area contributed by atoms with Crippen LogP contribution in [0.1, 0.15) is 31.4 Å². The first-order valence-corrected chi connectivity index (χ1v) is 5.83. The number of benzene rings is 1. The normalized spacial score (nSPS) is 17.2. The van der Waals surface area contributed by atoms with Crippen LogP contribution in [-0.4, -0.2) is 20.1 Å². The van der Waals surface area contributed by atoms with E-state index in [-0.39, 0.29) is 11.9 Å². The van der Waals surface area contributed by atoms with Crippen LogP contribution >= 0.6 is 0 Å². The summed E-state index contributed by atoms with van der Waals surface area (Å²) in [6, 6.07) is 6.02. The Morgan fingerprint density at radius 3 is 2.69 bits per heavy atom. The third kappa shape index (κ3) is 2.05. The Hall–Kier alpha value is -1.09. The van der Waals surface area contributed by atoms with Gasteiger partial charge in [0.05, 0.1) is 5.69 Å². The van der Waals surface area contributed by atoms with Crippen molar-refractivity contribution in [1.82, 2.24) is 5.32 Å². The van der Waals surface area contributed by atoms with E-state index >= 15 is 0 Å². The van der Waals surface area contributed by atoms with Gasteiger partial charge in [0.2, 0.25) is 0 Å². The number of halogens is 1. The van der Waals surface area contributed by atoms with Crippen molar-refractivity contribution in [2.45, 2.75) is 31.8 Å². The Morgan fingerprint density at radius 1 is 1.44 bits per heavy atom. The standard InChI is InChI=1S/C13H19FN2/c1-9(15-2)11-5-4-6-12(14)13(11)16(3)10-7-8-10/h4-6,9-10,15H,7-8H2,1-3H3. The molecule has 3 heteroatoms. The minimum atomic E-state index is -0.117. The molecular weight excluding hydrogens is 203 g/mol. The van der Waals surface area contributed by atoms with Gasteiger partial charge < -0.3 is 10.2 Å². The molecule has 0 aliphatic heterocycles. The number of hydrogen-bond donors (Lipinski definition) is 1. The summed E-state index contributed by atoms with van der Waals surface area (Å²) < 4.78 is 13.9. The first-order valence-electron chi connectivity index (χ1n) is 5.83. The second-order valence-electron chi connectivity index (χ2n) is 4.53. The maximum Gasteiger partial charge on any atom is 0.146 e. The van der Waals surface area contributed by atoms with Crippen LogP contribution in [0.5, 0.6) is 0 Å². The van der Waals surface area contributed by atoms with E-state index in [1.165, 1.54) is 12.8 Å². The minimum Gasteiger partial charge on any atom is -0.369 e. The van der Waals surface area contributed by atoms with Gasteiger partial charge in [0, 0.05) is 19.1 Å². The monoisotopic (exact) mass is 222 g/mol. The molecule has 1 aromatic carbocycles. The topological polar surface area (TPSA) is 15.3 Å². The molecule has 0 bridgehead atoms. The molecule has 16 heavy (non-hydrogen) atoms. The molecule has 2 rings (SSSR count). The average molecular weight is 222 g/mol. The molecule has 1 aromatic rings. The molecule has 88 valence electrons. The van der Waals surface area contributed by atoms with Gasteiger partial charge in [-0.15, -0.1) is 0 Å². The second kappa shape index (κ2) is 4.42. The van der Waals surface area contributed by atoms with Crippen LogP contribution in [0.3, 0.4) is 0 Å². The second-order valence-corrected chi connectivity index (χ2v) is 4.53. The van der Waals surface area contributed by atoms with Crippen LogP contribution in [0.2, 0.25) is 0 Å². The molecular formula is C13H19FN2. The van der Waals surface area contributed by atoms with Crippen molar-refractivity contribution in [1.29, 1.82) is 0 Å². The molecule has 1 aliphatic carbocycles. The third-order valence-electron chi connectivity index (χ3n) is 3.36. The van der Waals surface area contributed by atoms with Crippen LogP contribution in [0.25, 0.3) is 0 Å². The molecule has 1 unspecified atom stereocenters. The van der Waals surface area contributed by atoms with E-state index in [0.29, 0.717) is 6.04 Å². The van der Waals surface area contributed by atoms with Crippen molar-refractivity contribution in [2.24, 2.45) is 0 Å². The fourth-order valence-electron chi connectivity index (χ4n) is 2.05. The smallest absolute Gasteiger partial charge is 0.146 e. The summed E-state index contributed by atoms with van der Waals surface area (Å²) in [6.45, 7) is 2.05. The zero-order chi connectivity index (χ0) is 11.7. The number of nitrogens with zero attached hydrogens (tertiary/aromatic N) is 1. The van der Waals surface area contributed by atoms with Crippen molar-refractivity contribution in [2.75, 3.05) is 19.0 Å². The van der Waals surface area contributed by atoms with Crippen molar-refractivity contribution in [3.05, 3.63) is 29.6 Å². The largest absolute Gasteiger partial charge is 0.369 e. The summed E-state index contributed by atoms with van der Waals surface area (Å²) in [4.78, 5) is 2.08. The van der Waals surface area contributed by atoms with E-state index in [9.17, 15) is 4.39 Å². The molecule has 1 N–H and O–H groups in total. The molecule has 1 atom stereocenters. The van der Waals surface area contributed by atoms with E-state index in [1.54, 1.807) is 12.1 Å². The van der Waals surface area contributed by atoms with Gasteiger partial charge in [0.1, 0.15) is 5.82 Å². The summed E-state index contributed by atoms with van der Waals surface area (Å²) in [5, 5.41) is 3.17. The fraction of sp³-hybridized carbons (Fsp3) is 0.538. The quantitative estimate of drug-likeness (QED) is 0.842. The molecule has 0 spiro atoms. The fourth-order valence-corrected chi connectivity index (χ4v) is 2.05. The SMILES string of the molecule is CNC(C)c1cccc(F)c1N(C)C1CC1. The van der Waals surface area contributed by atoms with E-state index in [0.717, 1.165) is 11.3 Å². The van der Waals surface area contributed by atoms with E-state index in [4.69, 9.17) is 0 Å². The third-order valence-corrected chi connectivity index (χ3v) is 3.36. The van der Waals surface area contributed by atoms with Crippen LogP contribution in [-0.2, 0) is 0 Å². The Labute approximate surface area is 96.5 Å². The highest BCUT2D eigenvalue weighted by Gasteiger charge is 2.29. The molecule has 0 amide bonds. The van der Waals surface area contributed by atoms with Gasteiger partial charge in [-0.05, 0) is 38.4 Å². The molecule has 2 nitrogen and oxygen atoms in total. The Morgan fingerprint density at radius 2 is 2.12 bits per heavy atom. The summed E-state index contributed by atoms with van der Waals surface area (Å²) >= 11 is 0. The van der Waals surface area contributed by atoms with Gasteiger partial charge in [-0.25, -0.2) is 4.39 Å². The highest BCUT2D eigenvalue weighted by molar-refractivity contribution is 5.57. The summed E-state index contributed by atoms with van der Waals surface area (Å²) in [5.41, 5.74) is 1.80.